The molecule has 0 saturated heterocycles. The van der Waals surface area contributed by atoms with Gasteiger partial charge in [0.15, 0.2) is 0 Å². The second kappa shape index (κ2) is 12.5. The number of rotatable bonds is 11. The molecule has 0 radical (unpaired) electrons. The lowest BCUT2D eigenvalue weighted by atomic mass is 10.1. The van der Waals surface area contributed by atoms with Gasteiger partial charge in [-0.05, 0) is 62.2 Å². The summed E-state index contributed by atoms with van der Waals surface area (Å²) in [5.41, 5.74) is 0.905. The first-order valence-corrected chi connectivity index (χ1v) is 13.4. The van der Waals surface area contributed by atoms with Gasteiger partial charge in [0.25, 0.3) is 0 Å². The van der Waals surface area contributed by atoms with E-state index in [9.17, 15) is 22.4 Å². The van der Waals surface area contributed by atoms with Crippen LogP contribution < -0.4 is 9.62 Å². The summed E-state index contributed by atoms with van der Waals surface area (Å²) in [6.45, 7) is 4.94. The molecular weight excluding hydrogens is 539 g/mol. The van der Waals surface area contributed by atoms with Gasteiger partial charge in [0.1, 0.15) is 18.4 Å². The number of hydrogen-bond donors (Lipinski definition) is 1. The highest BCUT2D eigenvalue weighted by molar-refractivity contribution is 9.10. The normalized spacial score (nSPS) is 13.3. The molecule has 0 unspecified atom stereocenters. The number of benzene rings is 2. The Morgan fingerprint density at radius 3 is 2.11 bits per heavy atom. The quantitative estimate of drug-likeness (QED) is 0.447. The van der Waals surface area contributed by atoms with E-state index in [0.717, 1.165) is 37.2 Å². The third-order valence-corrected chi connectivity index (χ3v) is 7.92. The Labute approximate surface area is 215 Å². The van der Waals surface area contributed by atoms with Crippen LogP contribution in [-0.4, -0.2) is 62.2 Å². The Kier molecular flexibility index (Phi) is 10.2. The molecule has 0 spiro atoms. The van der Waals surface area contributed by atoms with E-state index in [-0.39, 0.29) is 24.2 Å². The Morgan fingerprint density at radius 2 is 1.60 bits per heavy atom. The lowest BCUT2D eigenvalue weighted by Gasteiger charge is -2.33. The fourth-order valence-electron chi connectivity index (χ4n) is 3.16. The first kappa shape index (κ1) is 28.7. The van der Waals surface area contributed by atoms with E-state index >= 15 is 0 Å². The lowest BCUT2D eigenvalue weighted by molar-refractivity contribution is -0.139. The van der Waals surface area contributed by atoms with Crippen LogP contribution in [0.15, 0.2) is 53.0 Å². The van der Waals surface area contributed by atoms with Crippen molar-refractivity contribution >= 4 is 43.6 Å². The number of halogens is 2. The molecule has 2 atom stereocenters. The highest BCUT2D eigenvalue weighted by atomic mass is 79.9. The Hall–Kier alpha value is -2.50. The van der Waals surface area contributed by atoms with Crippen molar-refractivity contribution in [2.45, 2.75) is 45.8 Å². The molecule has 2 rings (SSSR count). The van der Waals surface area contributed by atoms with Crippen LogP contribution in [0.3, 0.4) is 0 Å². The maximum absolute atomic E-state index is 13.6. The average Bonchev–Trinajstić information content (AvgIpc) is 2.81. The molecule has 0 saturated carbocycles. The predicted octanol–water partition coefficient (Wildman–Crippen LogP) is 3.53. The van der Waals surface area contributed by atoms with E-state index in [1.54, 1.807) is 6.92 Å². The zero-order valence-electron chi connectivity index (χ0n) is 20.5. The fraction of sp³-hybridized carbons (Fsp3) is 0.417. The summed E-state index contributed by atoms with van der Waals surface area (Å²) in [6.07, 6.45) is 0.721. The molecule has 0 aromatic heterocycles. The minimum absolute atomic E-state index is 0.0839. The highest BCUT2D eigenvalue weighted by Crippen LogP contribution is 2.21. The number of carbonyl (C=O) groups excluding carboxylic acids is 2. The number of hydrogen-bond acceptors (Lipinski definition) is 4. The molecule has 2 aromatic rings. The van der Waals surface area contributed by atoms with Crippen LogP contribution in [-0.2, 0) is 26.3 Å². The number of amides is 2. The smallest absolute Gasteiger partial charge is 0.304 e. The van der Waals surface area contributed by atoms with Crippen LogP contribution in [0.5, 0.6) is 0 Å². The van der Waals surface area contributed by atoms with Crippen LogP contribution >= 0.6 is 15.9 Å². The highest BCUT2D eigenvalue weighted by Gasteiger charge is 2.32. The van der Waals surface area contributed by atoms with Gasteiger partial charge < -0.3 is 10.2 Å². The van der Waals surface area contributed by atoms with Crippen molar-refractivity contribution in [3.05, 3.63) is 64.4 Å². The van der Waals surface area contributed by atoms with Crippen molar-refractivity contribution in [3.8, 4) is 0 Å². The molecule has 0 bridgehead atoms. The topological polar surface area (TPSA) is 90.0 Å². The Bertz CT molecular complexity index is 1110. The predicted molar refractivity (Wildman–Crippen MR) is 138 cm³/mol. The fourth-order valence-corrected chi connectivity index (χ4v) is 4.48. The maximum Gasteiger partial charge on any atom is 0.304 e. The summed E-state index contributed by atoms with van der Waals surface area (Å²) in [7, 11) is -1.40. The van der Waals surface area contributed by atoms with Gasteiger partial charge in [-0.15, -0.1) is 0 Å². The molecule has 0 fully saturated rings. The first-order valence-electron chi connectivity index (χ1n) is 11.2. The minimum atomic E-state index is -4.09. The van der Waals surface area contributed by atoms with Gasteiger partial charge in [0, 0.05) is 31.2 Å². The van der Waals surface area contributed by atoms with Crippen LogP contribution in [0.4, 0.5) is 10.1 Å². The SMILES string of the molecule is CC[C@@H](C)NC(=O)[C@H](C)N(Cc1ccc(Br)cc1)C(=O)CN(c1ccc(F)cc1)S(=O)(=O)N(C)C. The summed E-state index contributed by atoms with van der Waals surface area (Å²) >= 11 is 3.38. The van der Waals surface area contributed by atoms with Gasteiger partial charge in [-0.1, -0.05) is 35.0 Å². The van der Waals surface area contributed by atoms with E-state index in [0.29, 0.717) is 0 Å². The standard InChI is InChI=1S/C24H32BrFN4O4S/c1-6-17(2)27-24(32)18(3)29(15-19-7-9-20(25)10-8-19)23(31)16-30(35(33,34)28(4)5)22-13-11-21(26)12-14-22/h7-14,17-18H,6,15-16H2,1-5H3,(H,27,32)/t17-,18+/m1/s1. The molecule has 1 N–H and O–H groups in total. The van der Waals surface area contributed by atoms with Crippen molar-refractivity contribution in [2.75, 3.05) is 24.9 Å². The number of nitrogens with zero attached hydrogens (tertiary/aromatic N) is 3. The van der Waals surface area contributed by atoms with E-state index in [1.807, 2.05) is 38.1 Å². The molecule has 0 aliphatic heterocycles. The maximum atomic E-state index is 13.6. The van der Waals surface area contributed by atoms with Gasteiger partial charge >= 0.3 is 10.2 Å². The van der Waals surface area contributed by atoms with Crippen LogP contribution in [0.25, 0.3) is 0 Å². The molecule has 0 heterocycles. The van der Waals surface area contributed by atoms with E-state index in [4.69, 9.17) is 0 Å². The molecular formula is C24H32BrFN4O4S. The summed E-state index contributed by atoms with van der Waals surface area (Å²) < 4.78 is 42.4. The van der Waals surface area contributed by atoms with Crippen molar-refractivity contribution in [1.82, 2.24) is 14.5 Å². The Balaban J connectivity index is 2.43. The summed E-state index contributed by atoms with van der Waals surface area (Å²) in [5.74, 6) is -1.45. The van der Waals surface area contributed by atoms with Crippen molar-refractivity contribution < 1.29 is 22.4 Å². The van der Waals surface area contributed by atoms with Gasteiger partial charge in [-0.3, -0.25) is 9.59 Å². The Morgan fingerprint density at radius 1 is 1.03 bits per heavy atom. The second-order valence-electron chi connectivity index (χ2n) is 8.42. The monoisotopic (exact) mass is 570 g/mol. The number of anilines is 1. The first-order chi connectivity index (χ1) is 16.4. The molecule has 2 amide bonds. The molecule has 192 valence electrons. The van der Waals surface area contributed by atoms with Crippen molar-refractivity contribution in [3.63, 3.8) is 0 Å². The zero-order chi connectivity index (χ0) is 26.3. The lowest BCUT2D eigenvalue weighted by Crippen LogP contribution is -2.53. The van der Waals surface area contributed by atoms with Gasteiger partial charge in [0.05, 0.1) is 5.69 Å². The second-order valence-corrected chi connectivity index (χ2v) is 11.4. The number of carbonyl (C=O) groups is 2. The van der Waals surface area contributed by atoms with Gasteiger partial charge in [0.2, 0.25) is 11.8 Å². The third kappa shape index (κ3) is 7.74. The van der Waals surface area contributed by atoms with Crippen LogP contribution in [0.1, 0.15) is 32.8 Å². The van der Waals surface area contributed by atoms with E-state index in [2.05, 4.69) is 21.2 Å². The minimum Gasteiger partial charge on any atom is -0.352 e. The largest absolute Gasteiger partial charge is 0.352 e. The molecule has 8 nitrogen and oxygen atoms in total. The summed E-state index contributed by atoms with van der Waals surface area (Å²) in [4.78, 5) is 27.8. The van der Waals surface area contributed by atoms with Crippen molar-refractivity contribution in [2.24, 2.45) is 0 Å². The zero-order valence-corrected chi connectivity index (χ0v) is 22.9. The van der Waals surface area contributed by atoms with Crippen LogP contribution in [0, 0.1) is 5.82 Å². The van der Waals surface area contributed by atoms with Crippen molar-refractivity contribution in [1.29, 1.82) is 0 Å². The molecule has 2 aromatic carbocycles. The molecule has 0 aliphatic carbocycles. The molecule has 0 aliphatic rings. The average molecular weight is 572 g/mol. The third-order valence-electron chi connectivity index (χ3n) is 5.57. The van der Waals surface area contributed by atoms with E-state index in [1.165, 1.54) is 31.1 Å². The number of nitrogens with one attached hydrogen (secondary N) is 1. The van der Waals surface area contributed by atoms with Crippen LogP contribution in [0.2, 0.25) is 0 Å². The molecule has 35 heavy (non-hydrogen) atoms. The summed E-state index contributed by atoms with van der Waals surface area (Å²) in [5, 5.41) is 2.88. The summed E-state index contributed by atoms with van der Waals surface area (Å²) in [6, 6.07) is 11.2. The molecule has 11 heteroatoms. The van der Waals surface area contributed by atoms with E-state index < -0.39 is 34.5 Å². The van der Waals surface area contributed by atoms with Gasteiger partial charge in [-0.25, -0.2) is 8.70 Å². The van der Waals surface area contributed by atoms with Gasteiger partial charge in [-0.2, -0.15) is 12.7 Å².